The third kappa shape index (κ3) is 3.67. The second-order valence-corrected chi connectivity index (χ2v) is 7.66. The van der Waals surface area contributed by atoms with Crippen LogP contribution in [-0.4, -0.2) is 28.0 Å². The van der Waals surface area contributed by atoms with Gasteiger partial charge >= 0.3 is 0 Å². The number of halogens is 2. The number of nitrogens with one attached hydrogen (secondary N) is 1. The summed E-state index contributed by atoms with van der Waals surface area (Å²) >= 11 is 11.9. The molecule has 0 aliphatic heterocycles. The van der Waals surface area contributed by atoms with Crippen LogP contribution in [0.4, 0.5) is 0 Å². The molecule has 1 aromatic carbocycles. The molecule has 122 valence electrons. The highest BCUT2D eigenvalue weighted by molar-refractivity contribution is 6.53. The van der Waals surface area contributed by atoms with E-state index in [-0.39, 0.29) is 18.6 Å². The zero-order valence-electron chi connectivity index (χ0n) is 12.9. The van der Waals surface area contributed by atoms with Crippen molar-refractivity contribution in [3.05, 3.63) is 29.8 Å². The van der Waals surface area contributed by atoms with Crippen LogP contribution in [0, 0.1) is 5.41 Å². The SMILES string of the molecule is CC(C)Oc1ccc([C@H](O)CNC(=O)[C@]2(C)CC2(Cl)Cl)cc1. The second-order valence-electron chi connectivity index (χ2n) is 6.17. The summed E-state index contributed by atoms with van der Waals surface area (Å²) in [6.45, 7) is 5.73. The van der Waals surface area contributed by atoms with E-state index in [0.717, 1.165) is 5.75 Å². The molecule has 2 atom stereocenters. The minimum Gasteiger partial charge on any atom is -0.491 e. The predicted molar refractivity (Wildman–Crippen MR) is 87.3 cm³/mol. The van der Waals surface area contributed by atoms with E-state index in [4.69, 9.17) is 27.9 Å². The normalized spacial score (nSPS) is 24.0. The van der Waals surface area contributed by atoms with Gasteiger partial charge < -0.3 is 15.2 Å². The Bertz CT molecular complexity index is 545. The first-order valence-electron chi connectivity index (χ1n) is 7.26. The van der Waals surface area contributed by atoms with Crippen LogP contribution in [0.1, 0.15) is 38.9 Å². The standard InChI is InChI=1S/C16H21Cl2NO3/c1-10(2)22-12-6-4-11(5-7-12)13(20)8-19-14(21)15(3)9-16(15,17)18/h4-7,10,13,20H,8-9H2,1-3H3,(H,19,21)/t13-,15+/m1/s1. The highest BCUT2D eigenvalue weighted by atomic mass is 35.5. The minimum atomic E-state index is -1.00. The number of hydrogen-bond acceptors (Lipinski definition) is 3. The number of carbonyl (C=O) groups is 1. The average molecular weight is 346 g/mol. The summed E-state index contributed by atoms with van der Waals surface area (Å²) in [6, 6.07) is 7.15. The topological polar surface area (TPSA) is 58.6 Å². The van der Waals surface area contributed by atoms with Gasteiger partial charge in [-0.1, -0.05) is 12.1 Å². The largest absolute Gasteiger partial charge is 0.491 e. The van der Waals surface area contributed by atoms with Crippen molar-refractivity contribution in [1.82, 2.24) is 5.32 Å². The number of benzene rings is 1. The summed E-state index contributed by atoms with van der Waals surface area (Å²) in [5.74, 6) is 0.505. The fourth-order valence-corrected chi connectivity index (χ4v) is 2.90. The predicted octanol–water partition coefficient (Wildman–Crippen LogP) is 3.21. The zero-order chi connectivity index (χ0) is 16.5. The summed E-state index contributed by atoms with van der Waals surface area (Å²) in [4.78, 5) is 12.0. The molecule has 0 aromatic heterocycles. The molecule has 1 saturated carbocycles. The van der Waals surface area contributed by atoms with Crippen LogP contribution in [0.25, 0.3) is 0 Å². The lowest BCUT2D eigenvalue weighted by Crippen LogP contribution is -2.36. The lowest BCUT2D eigenvalue weighted by Gasteiger charge is -2.16. The van der Waals surface area contributed by atoms with Gasteiger partial charge in [-0.05, 0) is 44.9 Å². The summed E-state index contributed by atoms with van der Waals surface area (Å²) in [5, 5.41) is 12.8. The molecule has 2 rings (SSSR count). The molecule has 1 fully saturated rings. The molecule has 0 radical (unpaired) electrons. The number of alkyl halides is 2. The van der Waals surface area contributed by atoms with Crippen LogP contribution in [0.2, 0.25) is 0 Å². The maximum absolute atomic E-state index is 12.0. The van der Waals surface area contributed by atoms with Crippen molar-refractivity contribution >= 4 is 29.1 Å². The summed E-state index contributed by atoms with van der Waals surface area (Å²) < 4.78 is 4.54. The first-order chi connectivity index (χ1) is 10.2. The second kappa shape index (κ2) is 6.26. The van der Waals surface area contributed by atoms with Crippen LogP contribution in [-0.2, 0) is 4.79 Å². The Morgan fingerprint density at radius 2 is 1.91 bits per heavy atom. The van der Waals surface area contributed by atoms with Crippen molar-refractivity contribution in [3.63, 3.8) is 0 Å². The Balaban J connectivity index is 1.87. The Morgan fingerprint density at radius 3 is 2.36 bits per heavy atom. The van der Waals surface area contributed by atoms with E-state index in [2.05, 4.69) is 5.32 Å². The van der Waals surface area contributed by atoms with Crippen LogP contribution in [0.5, 0.6) is 5.75 Å². The Kier molecular flexibility index (Phi) is 4.95. The van der Waals surface area contributed by atoms with E-state index in [1.54, 1.807) is 31.2 Å². The van der Waals surface area contributed by atoms with E-state index in [9.17, 15) is 9.90 Å². The average Bonchev–Trinajstić information content (AvgIpc) is 2.96. The number of rotatable bonds is 6. The smallest absolute Gasteiger partial charge is 0.229 e. The van der Waals surface area contributed by atoms with Gasteiger partial charge in [0.25, 0.3) is 0 Å². The molecule has 1 aromatic rings. The van der Waals surface area contributed by atoms with Crippen LogP contribution < -0.4 is 10.1 Å². The van der Waals surface area contributed by atoms with E-state index >= 15 is 0 Å². The third-order valence-corrected chi connectivity index (χ3v) is 4.95. The quantitative estimate of drug-likeness (QED) is 0.778. The van der Waals surface area contributed by atoms with Crippen molar-refractivity contribution in [3.8, 4) is 5.75 Å². The monoisotopic (exact) mass is 345 g/mol. The van der Waals surface area contributed by atoms with E-state index < -0.39 is 15.9 Å². The van der Waals surface area contributed by atoms with Gasteiger partial charge in [0, 0.05) is 6.54 Å². The van der Waals surface area contributed by atoms with Gasteiger partial charge in [-0.3, -0.25) is 4.79 Å². The molecule has 0 bridgehead atoms. The Hall–Kier alpha value is -0.970. The fourth-order valence-electron chi connectivity index (χ4n) is 2.19. The first-order valence-corrected chi connectivity index (χ1v) is 8.02. The van der Waals surface area contributed by atoms with Crippen LogP contribution in [0.3, 0.4) is 0 Å². The van der Waals surface area contributed by atoms with Crippen molar-refractivity contribution in [2.45, 2.75) is 43.7 Å². The molecule has 2 N–H and O–H groups in total. The Labute approximate surface area is 140 Å². The van der Waals surface area contributed by atoms with Crippen molar-refractivity contribution in [2.24, 2.45) is 5.41 Å². The zero-order valence-corrected chi connectivity index (χ0v) is 14.4. The van der Waals surface area contributed by atoms with Gasteiger partial charge in [0.2, 0.25) is 5.91 Å². The van der Waals surface area contributed by atoms with E-state index in [1.807, 2.05) is 13.8 Å². The molecule has 1 aliphatic carbocycles. The number of carbonyl (C=O) groups excluding carboxylic acids is 1. The van der Waals surface area contributed by atoms with Gasteiger partial charge in [0.1, 0.15) is 10.1 Å². The molecule has 1 aliphatic rings. The number of hydrogen-bond donors (Lipinski definition) is 2. The van der Waals surface area contributed by atoms with Gasteiger partial charge in [-0.15, -0.1) is 23.2 Å². The maximum atomic E-state index is 12.0. The van der Waals surface area contributed by atoms with Gasteiger partial charge in [0.15, 0.2) is 0 Å². The van der Waals surface area contributed by atoms with Crippen molar-refractivity contribution < 1.29 is 14.6 Å². The molecule has 0 saturated heterocycles. The van der Waals surface area contributed by atoms with Crippen molar-refractivity contribution in [1.29, 1.82) is 0 Å². The molecular weight excluding hydrogens is 325 g/mol. The number of aliphatic hydroxyl groups is 1. The molecule has 0 spiro atoms. The highest BCUT2D eigenvalue weighted by Crippen LogP contribution is 2.63. The minimum absolute atomic E-state index is 0.0979. The third-order valence-electron chi connectivity index (χ3n) is 3.85. The molecule has 22 heavy (non-hydrogen) atoms. The molecule has 0 heterocycles. The number of aliphatic hydroxyl groups excluding tert-OH is 1. The fraction of sp³-hybridized carbons (Fsp3) is 0.562. The lowest BCUT2D eigenvalue weighted by molar-refractivity contribution is -0.126. The molecule has 1 amide bonds. The lowest BCUT2D eigenvalue weighted by atomic mass is 10.1. The van der Waals surface area contributed by atoms with Gasteiger partial charge in [-0.2, -0.15) is 0 Å². The van der Waals surface area contributed by atoms with Gasteiger partial charge in [0.05, 0.1) is 17.6 Å². The van der Waals surface area contributed by atoms with Crippen LogP contribution in [0.15, 0.2) is 24.3 Å². The maximum Gasteiger partial charge on any atom is 0.229 e. The van der Waals surface area contributed by atoms with Gasteiger partial charge in [-0.25, -0.2) is 0 Å². The number of ether oxygens (including phenoxy) is 1. The molecular formula is C16H21Cl2NO3. The van der Waals surface area contributed by atoms with E-state index in [1.165, 1.54) is 0 Å². The summed E-state index contributed by atoms with van der Waals surface area (Å²) in [6.07, 6.45) is -0.271. The Morgan fingerprint density at radius 1 is 1.36 bits per heavy atom. The number of amides is 1. The molecule has 4 nitrogen and oxygen atoms in total. The highest BCUT2D eigenvalue weighted by Gasteiger charge is 2.67. The van der Waals surface area contributed by atoms with E-state index in [0.29, 0.717) is 12.0 Å². The summed E-state index contributed by atoms with van der Waals surface area (Å²) in [5.41, 5.74) is -0.0644. The van der Waals surface area contributed by atoms with Crippen LogP contribution >= 0.6 is 23.2 Å². The van der Waals surface area contributed by atoms with Crippen molar-refractivity contribution in [2.75, 3.05) is 6.54 Å². The first kappa shape index (κ1) is 17.4. The molecule has 6 heteroatoms. The molecule has 0 unspecified atom stereocenters. The summed E-state index contributed by atoms with van der Waals surface area (Å²) in [7, 11) is 0.